The fourth-order valence-corrected chi connectivity index (χ4v) is 2.28. The monoisotopic (exact) mass is 244 g/mol. The van der Waals surface area contributed by atoms with Crippen molar-refractivity contribution in [3.05, 3.63) is 28.8 Å². The number of nitrogens with two attached hydrogens (primary N) is 1. The van der Waals surface area contributed by atoms with Crippen LogP contribution in [0.1, 0.15) is 23.0 Å². The van der Waals surface area contributed by atoms with Crippen molar-refractivity contribution in [3.63, 3.8) is 0 Å². The van der Waals surface area contributed by atoms with E-state index in [4.69, 9.17) is 10.8 Å². The van der Waals surface area contributed by atoms with Gasteiger partial charge in [-0.1, -0.05) is 6.07 Å². The van der Waals surface area contributed by atoms with E-state index in [1.807, 2.05) is 0 Å². The topological polar surface area (TPSA) is 59.1 Å². The second-order valence-corrected chi connectivity index (χ2v) is 4.43. The highest BCUT2D eigenvalue weighted by molar-refractivity contribution is 7.18. The average molecular weight is 244 g/mol. The lowest BCUT2D eigenvalue weighted by Crippen LogP contribution is -2.13. The molecule has 0 aliphatic carbocycles. The number of hydrogen-bond acceptors (Lipinski definition) is 4. The van der Waals surface area contributed by atoms with Crippen molar-refractivity contribution in [1.82, 2.24) is 4.98 Å². The Morgan fingerprint density at radius 3 is 2.81 bits per heavy atom. The predicted octanol–water partition coefficient (Wildman–Crippen LogP) is 2.23. The summed E-state index contributed by atoms with van der Waals surface area (Å²) in [5, 5.41) is 9.44. The highest BCUT2D eigenvalue weighted by Crippen LogP contribution is 2.29. The molecule has 0 aliphatic heterocycles. The van der Waals surface area contributed by atoms with Gasteiger partial charge in [0.2, 0.25) is 0 Å². The molecule has 0 radical (unpaired) electrons. The second kappa shape index (κ2) is 4.40. The first-order chi connectivity index (χ1) is 7.61. The number of benzene rings is 1. The molecule has 86 valence electrons. The average Bonchev–Trinajstić information content (AvgIpc) is 2.70. The Bertz CT molecular complexity index is 501. The number of rotatable bonds is 3. The van der Waals surface area contributed by atoms with Crippen molar-refractivity contribution < 1.29 is 13.9 Å². The van der Waals surface area contributed by atoms with Crippen molar-refractivity contribution in [2.45, 2.75) is 12.5 Å². The van der Waals surface area contributed by atoms with Gasteiger partial charge in [0.1, 0.15) is 5.01 Å². The maximum absolute atomic E-state index is 12.4. The fourth-order valence-electron chi connectivity index (χ4n) is 1.33. The second-order valence-electron chi connectivity index (χ2n) is 3.37. The number of aromatic nitrogens is 1. The van der Waals surface area contributed by atoms with E-state index in [9.17, 15) is 8.78 Å². The van der Waals surface area contributed by atoms with E-state index in [1.165, 1.54) is 23.5 Å². The summed E-state index contributed by atoms with van der Waals surface area (Å²) in [6.07, 6.45) is -2.50. The molecule has 1 unspecified atom stereocenters. The molecule has 0 saturated carbocycles. The SMILES string of the molecule is NC(CO)c1nc2cc(C(F)F)ccc2s1. The summed E-state index contributed by atoms with van der Waals surface area (Å²) in [6, 6.07) is 3.78. The number of aliphatic hydroxyl groups is 1. The predicted molar refractivity (Wildman–Crippen MR) is 58.6 cm³/mol. The van der Waals surface area contributed by atoms with Crippen LogP contribution in [0.15, 0.2) is 18.2 Å². The van der Waals surface area contributed by atoms with Crippen molar-refractivity contribution >= 4 is 21.6 Å². The minimum absolute atomic E-state index is 0.0538. The van der Waals surface area contributed by atoms with Gasteiger partial charge in [-0.05, 0) is 12.1 Å². The van der Waals surface area contributed by atoms with Crippen LogP contribution in [-0.2, 0) is 0 Å². The minimum Gasteiger partial charge on any atom is -0.394 e. The maximum atomic E-state index is 12.4. The standard InChI is InChI=1S/C10H10F2N2OS/c11-9(12)5-1-2-8-7(3-5)14-10(16-8)6(13)4-15/h1-3,6,9,15H,4,13H2. The summed E-state index contributed by atoms with van der Waals surface area (Å²) in [7, 11) is 0. The number of nitrogens with zero attached hydrogens (tertiary/aromatic N) is 1. The van der Waals surface area contributed by atoms with E-state index in [2.05, 4.69) is 4.98 Å². The summed E-state index contributed by atoms with van der Waals surface area (Å²) >= 11 is 1.31. The highest BCUT2D eigenvalue weighted by atomic mass is 32.1. The molecule has 0 fully saturated rings. The summed E-state index contributed by atoms with van der Waals surface area (Å²) in [4.78, 5) is 4.13. The Morgan fingerprint density at radius 1 is 1.44 bits per heavy atom. The van der Waals surface area contributed by atoms with Crippen LogP contribution in [0.5, 0.6) is 0 Å². The molecule has 0 spiro atoms. The summed E-state index contributed by atoms with van der Waals surface area (Å²) in [5.41, 5.74) is 6.05. The Morgan fingerprint density at radius 2 is 2.19 bits per heavy atom. The van der Waals surface area contributed by atoms with Crippen LogP contribution in [0, 0.1) is 0 Å². The first kappa shape index (κ1) is 11.4. The van der Waals surface area contributed by atoms with Gasteiger partial charge >= 0.3 is 0 Å². The van der Waals surface area contributed by atoms with Crippen molar-refractivity contribution in [2.75, 3.05) is 6.61 Å². The number of thiazole rings is 1. The van der Waals surface area contributed by atoms with Gasteiger partial charge in [-0.2, -0.15) is 0 Å². The first-order valence-corrected chi connectivity index (χ1v) is 5.48. The lowest BCUT2D eigenvalue weighted by atomic mass is 10.2. The summed E-state index contributed by atoms with van der Waals surface area (Å²) in [6.45, 7) is -0.207. The number of aliphatic hydroxyl groups excluding tert-OH is 1. The van der Waals surface area contributed by atoms with Crippen LogP contribution in [0.2, 0.25) is 0 Å². The zero-order valence-corrected chi connectivity index (χ0v) is 9.05. The molecule has 1 heterocycles. The molecule has 2 rings (SSSR count). The molecular formula is C10H10F2N2OS. The van der Waals surface area contributed by atoms with Crippen LogP contribution in [-0.4, -0.2) is 16.7 Å². The van der Waals surface area contributed by atoms with Gasteiger partial charge in [0.25, 0.3) is 6.43 Å². The molecular weight excluding hydrogens is 234 g/mol. The molecule has 0 bridgehead atoms. The van der Waals surface area contributed by atoms with E-state index >= 15 is 0 Å². The van der Waals surface area contributed by atoms with Crippen LogP contribution in [0.3, 0.4) is 0 Å². The molecule has 16 heavy (non-hydrogen) atoms. The summed E-state index contributed by atoms with van der Waals surface area (Å²) in [5.74, 6) is 0. The van der Waals surface area contributed by atoms with Gasteiger partial charge in [0.05, 0.1) is 22.9 Å². The number of halogens is 2. The van der Waals surface area contributed by atoms with E-state index < -0.39 is 12.5 Å². The quantitative estimate of drug-likeness (QED) is 0.870. The zero-order valence-electron chi connectivity index (χ0n) is 8.23. The van der Waals surface area contributed by atoms with Crippen LogP contribution >= 0.6 is 11.3 Å². The van der Waals surface area contributed by atoms with Crippen molar-refractivity contribution in [2.24, 2.45) is 5.73 Å². The Labute approximate surface area is 94.5 Å². The van der Waals surface area contributed by atoms with Crippen LogP contribution in [0.25, 0.3) is 10.2 Å². The Balaban J connectivity index is 2.46. The van der Waals surface area contributed by atoms with Crippen LogP contribution < -0.4 is 5.73 Å². The normalized spacial score (nSPS) is 13.6. The lowest BCUT2D eigenvalue weighted by molar-refractivity contribution is 0.151. The van der Waals surface area contributed by atoms with Gasteiger partial charge in [-0.15, -0.1) is 11.3 Å². The molecule has 0 saturated heterocycles. The van der Waals surface area contributed by atoms with E-state index in [-0.39, 0.29) is 12.2 Å². The van der Waals surface area contributed by atoms with Crippen LogP contribution in [0.4, 0.5) is 8.78 Å². The van der Waals surface area contributed by atoms with E-state index in [0.29, 0.717) is 10.5 Å². The fraction of sp³-hybridized carbons (Fsp3) is 0.300. The third-order valence-corrected chi connectivity index (χ3v) is 3.36. The largest absolute Gasteiger partial charge is 0.394 e. The number of hydrogen-bond donors (Lipinski definition) is 2. The molecule has 0 amide bonds. The van der Waals surface area contributed by atoms with Gasteiger partial charge in [0, 0.05) is 5.56 Å². The molecule has 3 nitrogen and oxygen atoms in total. The maximum Gasteiger partial charge on any atom is 0.263 e. The molecule has 2 aromatic rings. The molecule has 3 N–H and O–H groups in total. The van der Waals surface area contributed by atoms with Crippen molar-refractivity contribution in [1.29, 1.82) is 0 Å². The van der Waals surface area contributed by atoms with E-state index in [1.54, 1.807) is 6.07 Å². The van der Waals surface area contributed by atoms with E-state index in [0.717, 1.165) is 4.70 Å². The van der Waals surface area contributed by atoms with Gasteiger partial charge < -0.3 is 10.8 Å². The highest BCUT2D eigenvalue weighted by Gasteiger charge is 2.13. The molecule has 0 aliphatic rings. The number of fused-ring (bicyclic) bond motifs is 1. The first-order valence-electron chi connectivity index (χ1n) is 4.67. The molecule has 6 heteroatoms. The molecule has 1 atom stereocenters. The van der Waals surface area contributed by atoms with Gasteiger partial charge in [-0.25, -0.2) is 13.8 Å². The Hall–Kier alpha value is -1.11. The smallest absolute Gasteiger partial charge is 0.263 e. The third kappa shape index (κ3) is 2.04. The number of alkyl halides is 2. The van der Waals surface area contributed by atoms with Gasteiger partial charge in [-0.3, -0.25) is 0 Å². The van der Waals surface area contributed by atoms with Crippen molar-refractivity contribution in [3.8, 4) is 0 Å². The molecule has 1 aromatic heterocycles. The summed E-state index contributed by atoms with van der Waals surface area (Å²) < 4.78 is 25.7. The zero-order chi connectivity index (χ0) is 11.7. The van der Waals surface area contributed by atoms with Gasteiger partial charge in [0.15, 0.2) is 0 Å². The third-order valence-electron chi connectivity index (χ3n) is 2.19. The lowest BCUT2D eigenvalue weighted by Gasteiger charge is -2.00. The Kier molecular flexibility index (Phi) is 3.13. The molecule has 1 aromatic carbocycles. The minimum atomic E-state index is -2.50.